The number of rotatable bonds is 5. The third kappa shape index (κ3) is 10.3. The largest absolute Gasteiger partial charge is 0.490 e. The molecule has 3 fully saturated rings. The van der Waals surface area contributed by atoms with Crippen molar-refractivity contribution in [2.45, 2.75) is 63.0 Å². The Kier molecular flexibility index (Phi) is 11.5. The number of piperidine rings is 1. The van der Waals surface area contributed by atoms with Crippen LogP contribution in [-0.4, -0.2) is 105 Å². The van der Waals surface area contributed by atoms with Crippen molar-refractivity contribution in [2.75, 3.05) is 39.3 Å². The van der Waals surface area contributed by atoms with E-state index in [-0.39, 0.29) is 5.54 Å². The average molecular weight is 571 g/mol. The molecular formula is C24H32F6N4O5. The van der Waals surface area contributed by atoms with Crippen LogP contribution in [0.1, 0.15) is 44.2 Å². The van der Waals surface area contributed by atoms with Gasteiger partial charge in [0.05, 0.1) is 5.69 Å². The lowest BCUT2D eigenvalue weighted by molar-refractivity contribution is -0.193. The van der Waals surface area contributed by atoms with Crippen LogP contribution in [0.4, 0.5) is 26.3 Å². The molecule has 0 aliphatic carbocycles. The van der Waals surface area contributed by atoms with Crippen LogP contribution in [0.15, 0.2) is 24.4 Å². The number of hydrogen-bond donors (Lipinski definition) is 2. The summed E-state index contributed by atoms with van der Waals surface area (Å²) in [7, 11) is 0. The van der Waals surface area contributed by atoms with E-state index < -0.39 is 24.3 Å². The van der Waals surface area contributed by atoms with Crippen molar-refractivity contribution in [3.05, 3.63) is 30.1 Å². The molecule has 2 N–H and O–H groups in total. The maximum atomic E-state index is 12.5. The maximum Gasteiger partial charge on any atom is 0.490 e. The summed E-state index contributed by atoms with van der Waals surface area (Å²) >= 11 is 0. The van der Waals surface area contributed by atoms with Crippen LogP contribution in [0.25, 0.3) is 0 Å². The zero-order chi connectivity index (χ0) is 29.3. The number of halogens is 6. The molecule has 1 aromatic rings. The van der Waals surface area contributed by atoms with Gasteiger partial charge in [-0.2, -0.15) is 26.3 Å². The van der Waals surface area contributed by atoms with E-state index in [1.54, 1.807) is 0 Å². The summed E-state index contributed by atoms with van der Waals surface area (Å²) in [5.74, 6) is -5.13. The normalized spacial score (nSPS) is 19.7. The van der Waals surface area contributed by atoms with Crippen molar-refractivity contribution in [3.63, 3.8) is 0 Å². The number of carboxylic acid groups (broad SMARTS) is 2. The van der Waals surface area contributed by atoms with E-state index in [1.165, 1.54) is 25.9 Å². The van der Waals surface area contributed by atoms with E-state index in [0.717, 1.165) is 64.1 Å². The van der Waals surface area contributed by atoms with Crippen LogP contribution in [0.2, 0.25) is 0 Å². The van der Waals surface area contributed by atoms with Crippen molar-refractivity contribution in [3.8, 4) is 0 Å². The number of amides is 1. The standard InChI is InChI=1S/C20H30N4O.2C2HF3O2/c25-19-6-7-20(24(19)16-15-22-11-3-4-12-22)8-13-23(14-9-20)17-18-5-1-2-10-21-18;2*3-2(4,5)1(6)7/h1-2,5,10H,3-4,6-9,11-17H2;2*(H,6,7). The summed E-state index contributed by atoms with van der Waals surface area (Å²) < 4.78 is 63.5. The molecule has 0 aromatic carbocycles. The van der Waals surface area contributed by atoms with Gasteiger partial charge in [0.1, 0.15) is 0 Å². The number of likely N-dealkylation sites (tertiary alicyclic amines) is 3. The number of hydrogen-bond acceptors (Lipinski definition) is 6. The Balaban J connectivity index is 0.000000317. The highest BCUT2D eigenvalue weighted by molar-refractivity contribution is 5.79. The van der Waals surface area contributed by atoms with Crippen LogP contribution in [0, 0.1) is 0 Å². The van der Waals surface area contributed by atoms with Gasteiger partial charge in [0.15, 0.2) is 0 Å². The number of nitrogens with zero attached hydrogens (tertiary/aromatic N) is 4. The van der Waals surface area contributed by atoms with Gasteiger partial charge in [0.2, 0.25) is 5.91 Å². The predicted molar refractivity (Wildman–Crippen MR) is 125 cm³/mol. The number of carbonyl (C=O) groups is 3. The van der Waals surface area contributed by atoms with Gasteiger partial charge in [0, 0.05) is 50.9 Å². The van der Waals surface area contributed by atoms with E-state index >= 15 is 0 Å². The van der Waals surface area contributed by atoms with Crippen LogP contribution < -0.4 is 0 Å². The number of alkyl halides is 6. The number of carbonyl (C=O) groups excluding carboxylic acids is 1. The summed E-state index contributed by atoms with van der Waals surface area (Å²) in [6.45, 7) is 7.50. The van der Waals surface area contributed by atoms with Crippen LogP contribution in [-0.2, 0) is 20.9 Å². The molecule has 0 atom stereocenters. The highest BCUT2D eigenvalue weighted by Gasteiger charge is 2.46. The zero-order valence-electron chi connectivity index (χ0n) is 21.2. The molecule has 220 valence electrons. The molecule has 9 nitrogen and oxygen atoms in total. The maximum absolute atomic E-state index is 12.5. The molecule has 4 rings (SSSR count). The molecule has 4 heterocycles. The minimum Gasteiger partial charge on any atom is -0.475 e. The molecular weight excluding hydrogens is 538 g/mol. The molecule has 1 spiro atoms. The summed E-state index contributed by atoms with van der Waals surface area (Å²) in [4.78, 5) is 42.0. The lowest BCUT2D eigenvalue weighted by Gasteiger charge is -2.45. The number of carboxylic acids is 2. The van der Waals surface area contributed by atoms with Gasteiger partial charge < -0.3 is 20.0 Å². The first-order valence-corrected chi connectivity index (χ1v) is 12.4. The molecule has 0 saturated carbocycles. The smallest absolute Gasteiger partial charge is 0.475 e. The highest BCUT2D eigenvalue weighted by atomic mass is 19.4. The fourth-order valence-electron chi connectivity index (χ4n) is 4.85. The number of aliphatic carboxylic acids is 2. The molecule has 0 bridgehead atoms. The van der Waals surface area contributed by atoms with Gasteiger partial charge in [-0.25, -0.2) is 9.59 Å². The van der Waals surface area contributed by atoms with Crippen molar-refractivity contribution in [1.29, 1.82) is 0 Å². The van der Waals surface area contributed by atoms with Crippen molar-refractivity contribution >= 4 is 17.8 Å². The number of pyridine rings is 1. The topological polar surface area (TPSA) is 114 Å². The Morgan fingerprint density at radius 3 is 1.85 bits per heavy atom. The third-order valence-corrected chi connectivity index (χ3v) is 6.90. The highest BCUT2D eigenvalue weighted by Crippen LogP contribution is 2.39. The monoisotopic (exact) mass is 570 g/mol. The summed E-state index contributed by atoms with van der Waals surface area (Å²) in [6, 6.07) is 6.13. The minimum atomic E-state index is -5.08. The molecule has 1 amide bonds. The van der Waals surface area contributed by atoms with Crippen LogP contribution in [0.3, 0.4) is 0 Å². The molecule has 3 aliphatic heterocycles. The van der Waals surface area contributed by atoms with E-state index in [1.807, 2.05) is 12.3 Å². The van der Waals surface area contributed by atoms with Gasteiger partial charge in [-0.15, -0.1) is 0 Å². The summed E-state index contributed by atoms with van der Waals surface area (Å²) in [5.41, 5.74) is 1.28. The molecule has 1 aromatic heterocycles. The summed E-state index contributed by atoms with van der Waals surface area (Å²) in [5, 5.41) is 14.2. The Morgan fingerprint density at radius 1 is 0.846 bits per heavy atom. The van der Waals surface area contributed by atoms with Gasteiger partial charge in [0.25, 0.3) is 0 Å². The van der Waals surface area contributed by atoms with E-state index in [9.17, 15) is 31.1 Å². The molecule has 39 heavy (non-hydrogen) atoms. The number of aromatic nitrogens is 1. The zero-order valence-corrected chi connectivity index (χ0v) is 21.2. The quantitative estimate of drug-likeness (QED) is 0.518. The van der Waals surface area contributed by atoms with E-state index in [0.29, 0.717) is 5.91 Å². The molecule has 0 unspecified atom stereocenters. The second-order valence-electron chi connectivity index (χ2n) is 9.52. The molecule has 3 aliphatic rings. The fourth-order valence-corrected chi connectivity index (χ4v) is 4.85. The minimum absolute atomic E-state index is 0.136. The van der Waals surface area contributed by atoms with Crippen molar-refractivity contribution in [1.82, 2.24) is 19.7 Å². The van der Waals surface area contributed by atoms with Crippen LogP contribution >= 0.6 is 0 Å². The van der Waals surface area contributed by atoms with Crippen LogP contribution in [0.5, 0.6) is 0 Å². The van der Waals surface area contributed by atoms with Gasteiger partial charge in [-0.1, -0.05) is 6.07 Å². The Bertz CT molecular complexity index is 923. The Morgan fingerprint density at radius 2 is 1.38 bits per heavy atom. The van der Waals surface area contributed by atoms with Gasteiger partial charge in [-0.05, 0) is 57.3 Å². The summed E-state index contributed by atoms with van der Waals surface area (Å²) in [6.07, 6.45) is -1.61. The second kappa shape index (κ2) is 13.9. The lowest BCUT2D eigenvalue weighted by atomic mass is 9.85. The predicted octanol–water partition coefficient (Wildman–Crippen LogP) is 3.40. The van der Waals surface area contributed by atoms with Crippen molar-refractivity contribution < 1.29 is 50.9 Å². The van der Waals surface area contributed by atoms with Gasteiger partial charge in [-0.3, -0.25) is 14.7 Å². The lowest BCUT2D eigenvalue weighted by Crippen LogP contribution is -2.54. The van der Waals surface area contributed by atoms with E-state index in [2.05, 4.69) is 31.8 Å². The van der Waals surface area contributed by atoms with E-state index in [4.69, 9.17) is 19.8 Å². The first kappa shape index (κ1) is 32.3. The molecule has 15 heteroatoms. The van der Waals surface area contributed by atoms with Gasteiger partial charge >= 0.3 is 24.3 Å². The second-order valence-corrected chi connectivity index (χ2v) is 9.52. The first-order chi connectivity index (χ1) is 18.1. The first-order valence-electron chi connectivity index (χ1n) is 12.4. The van der Waals surface area contributed by atoms with Crippen molar-refractivity contribution in [2.24, 2.45) is 0 Å². The SMILES string of the molecule is O=C(O)C(F)(F)F.O=C(O)C(F)(F)F.O=C1CCC2(CCN(Cc3ccccn3)CC2)N1CCN1CCCC1. The third-order valence-electron chi connectivity index (χ3n) is 6.90. The Labute approximate surface area is 221 Å². The molecule has 0 radical (unpaired) electrons. The average Bonchev–Trinajstić information content (AvgIpc) is 3.48. The fraction of sp³-hybridized carbons (Fsp3) is 0.667. The molecule has 3 saturated heterocycles. The Hall–Kier alpha value is -2.94.